The quantitative estimate of drug-likeness (QED) is 0.523. The van der Waals surface area contributed by atoms with Crippen LogP contribution in [0.3, 0.4) is 0 Å². The molecule has 0 aromatic heterocycles. The van der Waals surface area contributed by atoms with E-state index in [2.05, 4.69) is 10.6 Å². The smallest absolute Gasteiger partial charge is 0.218 e. The Kier molecular flexibility index (Phi) is 2.05. The molecule has 1 aliphatic heterocycles. The summed E-state index contributed by atoms with van der Waals surface area (Å²) in [5.41, 5.74) is 0. The number of nitrogens with one attached hydrogen (secondary N) is 1. The third-order valence-corrected chi connectivity index (χ3v) is 1.36. The number of hydrogen-bond donors (Lipinski definition) is 1. The Morgan fingerprint density at radius 3 is 3.00 bits per heavy atom. The van der Waals surface area contributed by atoms with E-state index in [1.165, 1.54) is 6.92 Å². The van der Waals surface area contributed by atoms with E-state index in [-0.39, 0.29) is 12.1 Å². The first-order valence-corrected chi connectivity index (χ1v) is 3.23. The molecule has 3 nitrogen and oxygen atoms in total. The standard InChI is InChI=1S/C6H11N2O/c1-5(9)8-6-3-2-4-7-6/h6H,2-4H2,1H3,(H,8,9). The van der Waals surface area contributed by atoms with Crippen LogP contribution in [0.25, 0.3) is 0 Å². The predicted octanol–water partition coefficient (Wildman–Crippen LogP) is -0.153. The minimum atomic E-state index is 0.0191. The second-order valence-electron chi connectivity index (χ2n) is 2.26. The van der Waals surface area contributed by atoms with Crippen LogP contribution in [-0.2, 0) is 4.79 Å². The molecular weight excluding hydrogens is 116 g/mol. The summed E-state index contributed by atoms with van der Waals surface area (Å²) in [6.45, 7) is 2.43. The second kappa shape index (κ2) is 2.82. The fourth-order valence-corrected chi connectivity index (χ4v) is 0.975. The Morgan fingerprint density at radius 2 is 2.56 bits per heavy atom. The van der Waals surface area contributed by atoms with Crippen molar-refractivity contribution in [2.45, 2.75) is 25.9 Å². The molecule has 1 N–H and O–H groups in total. The van der Waals surface area contributed by atoms with Crippen molar-refractivity contribution in [2.75, 3.05) is 6.54 Å². The van der Waals surface area contributed by atoms with E-state index >= 15 is 0 Å². The molecule has 1 radical (unpaired) electrons. The van der Waals surface area contributed by atoms with Crippen LogP contribution in [0.5, 0.6) is 0 Å². The molecule has 3 heteroatoms. The fourth-order valence-electron chi connectivity index (χ4n) is 0.975. The van der Waals surface area contributed by atoms with Gasteiger partial charge in [0.2, 0.25) is 5.91 Å². The Bertz CT molecular complexity index is 108. The van der Waals surface area contributed by atoms with Crippen molar-refractivity contribution in [2.24, 2.45) is 0 Å². The van der Waals surface area contributed by atoms with Gasteiger partial charge in [0.15, 0.2) is 0 Å². The monoisotopic (exact) mass is 127 g/mol. The predicted molar refractivity (Wildman–Crippen MR) is 33.8 cm³/mol. The van der Waals surface area contributed by atoms with Gasteiger partial charge in [0.05, 0.1) is 6.17 Å². The molecule has 1 unspecified atom stereocenters. The lowest BCUT2D eigenvalue weighted by Gasteiger charge is -2.07. The molecule has 0 aliphatic carbocycles. The zero-order chi connectivity index (χ0) is 6.69. The lowest BCUT2D eigenvalue weighted by molar-refractivity contribution is -0.119. The average molecular weight is 127 g/mol. The third-order valence-electron chi connectivity index (χ3n) is 1.36. The maximum Gasteiger partial charge on any atom is 0.218 e. The molecule has 1 aliphatic rings. The summed E-state index contributed by atoms with van der Waals surface area (Å²) in [5, 5.41) is 6.88. The van der Waals surface area contributed by atoms with E-state index < -0.39 is 0 Å². The lowest BCUT2D eigenvalue weighted by atomic mass is 10.3. The molecular formula is C6H11N2O. The topological polar surface area (TPSA) is 43.2 Å². The Hall–Kier alpha value is -0.570. The number of hydrogen-bond acceptors (Lipinski definition) is 1. The van der Waals surface area contributed by atoms with Crippen LogP contribution in [0, 0.1) is 0 Å². The summed E-state index contributed by atoms with van der Waals surface area (Å²) in [5.74, 6) is 0.0191. The van der Waals surface area contributed by atoms with Crippen molar-refractivity contribution >= 4 is 5.91 Å². The highest BCUT2D eigenvalue weighted by Crippen LogP contribution is 2.02. The first-order valence-electron chi connectivity index (χ1n) is 3.23. The minimum absolute atomic E-state index is 0.0191. The van der Waals surface area contributed by atoms with Gasteiger partial charge in [-0.1, -0.05) is 0 Å². The SMILES string of the molecule is CC(=O)NC1CCC[N]1. The fraction of sp³-hybridized carbons (Fsp3) is 0.833. The highest BCUT2D eigenvalue weighted by Gasteiger charge is 2.14. The molecule has 0 aromatic rings. The van der Waals surface area contributed by atoms with Crippen LogP contribution in [-0.4, -0.2) is 18.6 Å². The summed E-state index contributed by atoms with van der Waals surface area (Å²) in [6, 6.07) is 0. The van der Waals surface area contributed by atoms with Gasteiger partial charge in [0.1, 0.15) is 0 Å². The van der Waals surface area contributed by atoms with Crippen LogP contribution < -0.4 is 10.6 Å². The number of carbonyl (C=O) groups excluding carboxylic acids is 1. The van der Waals surface area contributed by atoms with E-state index in [0.717, 1.165) is 19.4 Å². The van der Waals surface area contributed by atoms with Gasteiger partial charge < -0.3 is 5.32 Å². The maximum atomic E-state index is 10.4. The summed E-state index contributed by atoms with van der Waals surface area (Å²) < 4.78 is 0. The molecule has 0 saturated carbocycles. The van der Waals surface area contributed by atoms with E-state index in [0.29, 0.717) is 0 Å². The zero-order valence-electron chi connectivity index (χ0n) is 5.55. The van der Waals surface area contributed by atoms with Crippen molar-refractivity contribution in [1.29, 1.82) is 0 Å². The van der Waals surface area contributed by atoms with Gasteiger partial charge in [-0.05, 0) is 12.8 Å². The highest BCUT2D eigenvalue weighted by atomic mass is 16.1. The van der Waals surface area contributed by atoms with Gasteiger partial charge in [-0.25, -0.2) is 5.32 Å². The summed E-state index contributed by atoms with van der Waals surface area (Å²) >= 11 is 0. The zero-order valence-corrected chi connectivity index (χ0v) is 5.55. The lowest BCUT2D eigenvalue weighted by Crippen LogP contribution is -2.36. The minimum Gasteiger partial charge on any atom is -0.340 e. The molecule has 1 amide bonds. The number of nitrogens with zero attached hydrogens (tertiary/aromatic N) is 1. The maximum absolute atomic E-state index is 10.4. The molecule has 1 atom stereocenters. The van der Waals surface area contributed by atoms with Gasteiger partial charge in [-0.15, -0.1) is 0 Å². The Balaban J connectivity index is 2.19. The van der Waals surface area contributed by atoms with E-state index in [9.17, 15) is 4.79 Å². The van der Waals surface area contributed by atoms with Crippen molar-refractivity contribution < 1.29 is 4.79 Å². The van der Waals surface area contributed by atoms with E-state index in [4.69, 9.17) is 0 Å². The van der Waals surface area contributed by atoms with Gasteiger partial charge in [0, 0.05) is 13.5 Å². The molecule has 0 bridgehead atoms. The first-order chi connectivity index (χ1) is 4.29. The van der Waals surface area contributed by atoms with E-state index in [1.807, 2.05) is 0 Å². The van der Waals surface area contributed by atoms with Gasteiger partial charge in [-0.2, -0.15) is 0 Å². The van der Waals surface area contributed by atoms with Crippen LogP contribution in [0.4, 0.5) is 0 Å². The molecule has 0 spiro atoms. The summed E-state index contributed by atoms with van der Waals surface area (Å²) in [6.07, 6.45) is 2.24. The summed E-state index contributed by atoms with van der Waals surface area (Å²) in [7, 11) is 0. The van der Waals surface area contributed by atoms with Crippen molar-refractivity contribution in [3.05, 3.63) is 0 Å². The van der Waals surface area contributed by atoms with Crippen LogP contribution >= 0.6 is 0 Å². The third kappa shape index (κ3) is 2.01. The first kappa shape index (κ1) is 6.55. The van der Waals surface area contributed by atoms with E-state index in [1.54, 1.807) is 0 Å². The molecule has 1 fully saturated rings. The Labute approximate surface area is 54.8 Å². The highest BCUT2D eigenvalue weighted by molar-refractivity contribution is 5.73. The number of amides is 1. The number of rotatable bonds is 1. The molecule has 1 heterocycles. The molecule has 51 valence electrons. The van der Waals surface area contributed by atoms with Gasteiger partial charge in [0.25, 0.3) is 0 Å². The average Bonchev–Trinajstić information content (AvgIpc) is 2.15. The normalized spacial score (nSPS) is 26.1. The van der Waals surface area contributed by atoms with Crippen LogP contribution in [0.1, 0.15) is 19.8 Å². The van der Waals surface area contributed by atoms with Crippen molar-refractivity contribution in [1.82, 2.24) is 10.6 Å². The molecule has 1 saturated heterocycles. The largest absolute Gasteiger partial charge is 0.340 e. The van der Waals surface area contributed by atoms with Crippen LogP contribution in [0.2, 0.25) is 0 Å². The van der Waals surface area contributed by atoms with Gasteiger partial charge >= 0.3 is 0 Å². The van der Waals surface area contributed by atoms with Gasteiger partial charge in [-0.3, -0.25) is 4.79 Å². The Morgan fingerprint density at radius 1 is 1.78 bits per heavy atom. The molecule has 1 rings (SSSR count). The van der Waals surface area contributed by atoms with Crippen LogP contribution in [0.15, 0.2) is 0 Å². The number of carbonyl (C=O) groups is 1. The van der Waals surface area contributed by atoms with Crippen molar-refractivity contribution in [3.8, 4) is 0 Å². The molecule has 9 heavy (non-hydrogen) atoms. The molecule has 0 aromatic carbocycles. The second-order valence-corrected chi connectivity index (χ2v) is 2.26. The van der Waals surface area contributed by atoms with Crippen molar-refractivity contribution in [3.63, 3.8) is 0 Å². The summed E-state index contributed by atoms with van der Waals surface area (Å²) in [4.78, 5) is 10.4.